The molecule has 3 rings (SSSR count). The number of ether oxygens (including phenoxy) is 1. The minimum atomic E-state index is -0.0786. The van der Waals surface area contributed by atoms with Crippen molar-refractivity contribution in [2.45, 2.75) is 26.7 Å². The molecular formula is C20H21N5O3. The number of rotatable bonds is 8. The van der Waals surface area contributed by atoms with Gasteiger partial charge in [-0.3, -0.25) is 9.59 Å². The summed E-state index contributed by atoms with van der Waals surface area (Å²) in [5.41, 5.74) is 3.17. The molecule has 0 aliphatic heterocycles. The van der Waals surface area contributed by atoms with Gasteiger partial charge in [-0.1, -0.05) is 0 Å². The van der Waals surface area contributed by atoms with Crippen molar-refractivity contribution < 1.29 is 14.3 Å². The van der Waals surface area contributed by atoms with Gasteiger partial charge in [0.15, 0.2) is 5.78 Å². The second kappa shape index (κ2) is 8.90. The van der Waals surface area contributed by atoms with Crippen LogP contribution in [0.4, 0.5) is 5.69 Å². The highest BCUT2D eigenvalue weighted by atomic mass is 16.5. The minimum Gasteiger partial charge on any atom is -0.494 e. The van der Waals surface area contributed by atoms with Gasteiger partial charge in [0, 0.05) is 17.7 Å². The van der Waals surface area contributed by atoms with Gasteiger partial charge >= 0.3 is 0 Å². The molecule has 8 heteroatoms. The molecule has 0 fully saturated rings. The molecule has 0 radical (unpaired) electrons. The van der Waals surface area contributed by atoms with E-state index in [1.54, 1.807) is 28.9 Å². The number of nitrogens with zero attached hydrogens (tertiary/aromatic N) is 4. The number of nitrogens with one attached hydrogen (secondary N) is 1. The van der Waals surface area contributed by atoms with Crippen molar-refractivity contribution in [3.63, 3.8) is 0 Å². The first-order valence-electron chi connectivity index (χ1n) is 8.90. The van der Waals surface area contributed by atoms with E-state index in [4.69, 9.17) is 4.74 Å². The van der Waals surface area contributed by atoms with Crippen molar-refractivity contribution >= 4 is 17.4 Å². The summed E-state index contributed by atoms with van der Waals surface area (Å²) in [6, 6.07) is 12.5. The van der Waals surface area contributed by atoms with Gasteiger partial charge < -0.3 is 10.1 Å². The van der Waals surface area contributed by atoms with Gasteiger partial charge in [0.25, 0.3) is 0 Å². The predicted octanol–water partition coefficient (Wildman–Crippen LogP) is 2.97. The molecule has 0 atom stereocenters. The number of amides is 1. The first-order valence-corrected chi connectivity index (χ1v) is 8.90. The van der Waals surface area contributed by atoms with E-state index >= 15 is 0 Å². The molecule has 8 nitrogen and oxygen atoms in total. The minimum absolute atomic E-state index is 0.0180. The normalized spacial score (nSPS) is 10.5. The van der Waals surface area contributed by atoms with Crippen molar-refractivity contribution in [2.24, 2.45) is 0 Å². The van der Waals surface area contributed by atoms with Crippen molar-refractivity contribution in [1.29, 1.82) is 0 Å². The van der Waals surface area contributed by atoms with E-state index < -0.39 is 0 Å². The second-order valence-electron chi connectivity index (χ2n) is 6.34. The predicted molar refractivity (Wildman–Crippen MR) is 104 cm³/mol. The molecule has 0 spiro atoms. The lowest BCUT2D eigenvalue weighted by Gasteiger charge is -2.10. The molecule has 0 unspecified atom stereocenters. The molecule has 28 heavy (non-hydrogen) atoms. The lowest BCUT2D eigenvalue weighted by Crippen LogP contribution is -2.13. The fourth-order valence-electron chi connectivity index (χ4n) is 2.69. The zero-order chi connectivity index (χ0) is 19.9. The maximum Gasteiger partial charge on any atom is 0.224 e. The molecule has 1 amide bonds. The van der Waals surface area contributed by atoms with Crippen LogP contribution in [0.25, 0.3) is 5.69 Å². The van der Waals surface area contributed by atoms with Gasteiger partial charge in [0.1, 0.15) is 12.1 Å². The zero-order valence-electron chi connectivity index (χ0n) is 15.8. The van der Waals surface area contributed by atoms with Crippen LogP contribution in [-0.4, -0.2) is 38.5 Å². The number of ketones is 1. The smallest absolute Gasteiger partial charge is 0.224 e. The molecule has 0 bridgehead atoms. The Kier molecular flexibility index (Phi) is 6.11. The molecule has 1 aromatic heterocycles. The van der Waals surface area contributed by atoms with Gasteiger partial charge in [0.05, 0.1) is 12.3 Å². The highest BCUT2D eigenvalue weighted by Gasteiger charge is 2.07. The number of hydrogen-bond donors (Lipinski definition) is 1. The molecule has 3 aromatic rings. The summed E-state index contributed by atoms with van der Waals surface area (Å²) in [4.78, 5) is 23.4. The van der Waals surface area contributed by atoms with E-state index in [9.17, 15) is 9.59 Å². The highest BCUT2D eigenvalue weighted by Crippen LogP contribution is 2.18. The molecule has 0 aliphatic rings. The monoisotopic (exact) mass is 379 g/mol. The molecule has 1 N–H and O–H groups in total. The number of aryl methyl sites for hydroxylation is 1. The van der Waals surface area contributed by atoms with Crippen molar-refractivity contribution in [3.05, 3.63) is 59.9 Å². The van der Waals surface area contributed by atoms with Gasteiger partial charge in [0.2, 0.25) is 5.91 Å². The number of aromatic nitrogens is 4. The summed E-state index contributed by atoms with van der Waals surface area (Å²) in [5.74, 6) is 0.619. The molecule has 0 saturated carbocycles. The number of tetrazole rings is 1. The van der Waals surface area contributed by atoms with Crippen molar-refractivity contribution in [1.82, 2.24) is 20.2 Å². The number of anilines is 1. The number of hydrogen-bond acceptors (Lipinski definition) is 6. The van der Waals surface area contributed by atoms with Crippen LogP contribution >= 0.6 is 0 Å². The lowest BCUT2D eigenvalue weighted by atomic mass is 10.1. The third-order valence-corrected chi connectivity index (χ3v) is 4.15. The fraction of sp³-hybridized carbons (Fsp3) is 0.250. The fourth-order valence-corrected chi connectivity index (χ4v) is 2.69. The van der Waals surface area contributed by atoms with Crippen LogP contribution in [0.2, 0.25) is 0 Å². The average Bonchev–Trinajstić information content (AvgIpc) is 3.20. The van der Waals surface area contributed by atoms with E-state index in [2.05, 4.69) is 20.8 Å². The van der Waals surface area contributed by atoms with Gasteiger partial charge in [-0.05, 0) is 78.7 Å². The van der Waals surface area contributed by atoms with Gasteiger partial charge in [-0.2, -0.15) is 0 Å². The lowest BCUT2D eigenvalue weighted by molar-refractivity contribution is -0.116. The summed E-state index contributed by atoms with van der Waals surface area (Å²) in [7, 11) is 0. The molecule has 1 heterocycles. The van der Waals surface area contributed by atoms with Crippen molar-refractivity contribution in [3.8, 4) is 11.4 Å². The van der Waals surface area contributed by atoms with Crippen LogP contribution in [0.1, 0.15) is 35.7 Å². The van der Waals surface area contributed by atoms with Crippen molar-refractivity contribution in [2.75, 3.05) is 11.9 Å². The van der Waals surface area contributed by atoms with Crippen LogP contribution in [0.3, 0.4) is 0 Å². The zero-order valence-corrected chi connectivity index (χ0v) is 15.8. The maximum atomic E-state index is 12.1. The molecule has 2 aromatic carbocycles. The van der Waals surface area contributed by atoms with E-state index in [1.807, 2.05) is 25.1 Å². The summed E-state index contributed by atoms with van der Waals surface area (Å²) < 4.78 is 7.18. The van der Waals surface area contributed by atoms with E-state index in [1.165, 1.54) is 13.3 Å². The molecule has 0 saturated heterocycles. The van der Waals surface area contributed by atoms with E-state index in [-0.39, 0.29) is 11.7 Å². The third-order valence-electron chi connectivity index (χ3n) is 4.15. The van der Waals surface area contributed by atoms with E-state index in [0.717, 1.165) is 16.9 Å². The largest absolute Gasteiger partial charge is 0.494 e. The van der Waals surface area contributed by atoms with Crippen LogP contribution in [0.15, 0.2) is 48.8 Å². The number of benzene rings is 2. The van der Waals surface area contributed by atoms with Crippen LogP contribution in [-0.2, 0) is 4.79 Å². The number of carbonyl (C=O) groups is 2. The Morgan fingerprint density at radius 2 is 1.93 bits per heavy atom. The first-order chi connectivity index (χ1) is 13.5. The summed E-state index contributed by atoms with van der Waals surface area (Å²) in [6.07, 6.45) is 2.45. The summed E-state index contributed by atoms with van der Waals surface area (Å²) in [6.45, 7) is 3.87. The third kappa shape index (κ3) is 5.00. The SMILES string of the molecule is CC(=O)c1ccc(OCCCC(=O)Nc2ccc(-n3cnnn3)c(C)c2)cc1. The van der Waals surface area contributed by atoms with E-state index in [0.29, 0.717) is 30.8 Å². The first kappa shape index (κ1) is 19.2. The molecule has 144 valence electrons. The maximum absolute atomic E-state index is 12.1. The average molecular weight is 379 g/mol. The van der Waals surface area contributed by atoms with Gasteiger partial charge in [-0.25, -0.2) is 4.68 Å². The Morgan fingerprint density at radius 1 is 1.14 bits per heavy atom. The van der Waals surface area contributed by atoms with Crippen LogP contribution in [0, 0.1) is 6.92 Å². The Morgan fingerprint density at radius 3 is 2.57 bits per heavy atom. The Labute approximate surface area is 162 Å². The second-order valence-corrected chi connectivity index (χ2v) is 6.34. The Balaban J connectivity index is 1.44. The Bertz CT molecular complexity index is 952. The van der Waals surface area contributed by atoms with Gasteiger partial charge in [-0.15, -0.1) is 5.10 Å². The summed E-state index contributed by atoms with van der Waals surface area (Å²) in [5, 5.41) is 14.0. The highest BCUT2D eigenvalue weighted by molar-refractivity contribution is 5.94. The quantitative estimate of drug-likeness (QED) is 0.477. The summed E-state index contributed by atoms with van der Waals surface area (Å²) >= 11 is 0. The van der Waals surface area contributed by atoms with Crippen LogP contribution in [0.5, 0.6) is 5.75 Å². The topological polar surface area (TPSA) is 99.0 Å². The standard InChI is InChI=1S/C20H21N5O3/c1-14-12-17(7-10-19(14)25-13-21-23-24-25)22-20(27)4-3-11-28-18-8-5-16(6-9-18)15(2)26/h5-10,12-13H,3-4,11H2,1-2H3,(H,22,27). The molecular weight excluding hydrogens is 358 g/mol. The van der Waals surface area contributed by atoms with Crippen LogP contribution < -0.4 is 10.1 Å². The molecule has 0 aliphatic carbocycles. The number of carbonyl (C=O) groups excluding carboxylic acids is 2. The number of Topliss-reactive ketones (excluding diaryl/α,β-unsaturated/α-hetero) is 1. The Hall–Kier alpha value is -3.55.